The largest absolute Gasteiger partial charge is 0.330 e. The Morgan fingerprint density at radius 2 is 2.18 bits per heavy atom. The Balaban J connectivity index is 2.44. The zero-order valence-corrected chi connectivity index (χ0v) is 12.0. The molecule has 1 heterocycles. The number of hydrogen-bond donors (Lipinski definition) is 1. The number of aromatic nitrogens is 2. The molecule has 0 unspecified atom stereocenters. The van der Waals surface area contributed by atoms with Crippen molar-refractivity contribution in [3.05, 3.63) is 27.2 Å². The van der Waals surface area contributed by atoms with Crippen LogP contribution in [0.3, 0.4) is 0 Å². The van der Waals surface area contributed by atoms with Crippen LogP contribution in [0.15, 0.2) is 16.6 Å². The number of H-pyrrole nitrogens is 1. The first-order valence-electron chi connectivity index (χ1n) is 5.71. The fraction of sp³-hybridized carbons (Fsp3) is 0.417. The van der Waals surface area contributed by atoms with E-state index in [1.54, 1.807) is 6.07 Å². The van der Waals surface area contributed by atoms with Gasteiger partial charge < -0.3 is 9.55 Å². The zero-order valence-electron chi connectivity index (χ0n) is 9.59. The first kappa shape index (κ1) is 12.8. The monoisotopic (exact) mass is 316 g/mol. The minimum Gasteiger partial charge on any atom is -0.330 e. The lowest BCUT2D eigenvalue weighted by Gasteiger charge is -2.04. The van der Waals surface area contributed by atoms with Crippen molar-refractivity contribution in [2.24, 2.45) is 0 Å². The predicted octanol–water partition coefficient (Wildman–Crippen LogP) is 4.79. The molecule has 0 aliphatic rings. The smallest absolute Gasteiger partial charge is 0.178 e. The molecule has 0 saturated carbocycles. The van der Waals surface area contributed by atoms with Crippen molar-refractivity contribution in [3.8, 4) is 0 Å². The molecule has 0 fully saturated rings. The molecular weight excluding hydrogens is 303 g/mol. The van der Waals surface area contributed by atoms with Crippen LogP contribution in [0.5, 0.6) is 0 Å². The Morgan fingerprint density at radius 3 is 2.88 bits per heavy atom. The van der Waals surface area contributed by atoms with Crippen LogP contribution in [-0.2, 0) is 6.54 Å². The van der Waals surface area contributed by atoms with E-state index in [1.807, 2.05) is 4.57 Å². The van der Waals surface area contributed by atoms with Crippen molar-refractivity contribution in [3.63, 3.8) is 0 Å². The summed E-state index contributed by atoms with van der Waals surface area (Å²) < 4.78 is 16.6. The number of unbranched alkanes of at least 4 members (excludes halogenated alkanes) is 2. The van der Waals surface area contributed by atoms with Gasteiger partial charge in [-0.15, -0.1) is 0 Å². The minimum absolute atomic E-state index is 0.269. The summed E-state index contributed by atoms with van der Waals surface area (Å²) in [7, 11) is 0. The maximum atomic E-state index is 13.4. The van der Waals surface area contributed by atoms with Gasteiger partial charge in [-0.1, -0.05) is 19.8 Å². The first-order chi connectivity index (χ1) is 8.13. The van der Waals surface area contributed by atoms with Gasteiger partial charge in [0.05, 0.1) is 15.5 Å². The van der Waals surface area contributed by atoms with Crippen LogP contribution >= 0.6 is 28.1 Å². The lowest BCUT2D eigenvalue weighted by molar-refractivity contribution is 0.607. The van der Waals surface area contributed by atoms with Crippen LogP contribution in [-0.4, -0.2) is 9.55 Å². The molecule has 5 heteroatoms. The molecule has 0 aliphatic carbocycles. The van der Waals surface area contributed by atoms with Gasteiger partial charge in [-0.05, 0) is 40.6 Å². The zero-order chi connectivity index (χ0) is 12.4. The van der Waals surface area contributed by atoms with Crippen LogP contribution in [0.25, 0.3) is 11.0 Å². The van der Waals surface area contributed by atoms with Gasteiger partial charge in [0.15, 0.2) is 4.77 Å². The van der Waals surface area contributed by atoms with Crippen LogP contribution in [0.2, 0.25) is 0 Å². The van der Waals surface area contributed by atoms with E-state index in [0.29, 0.717) is 9.24 Å². The average molecular weight is 317 g/mol. The molecule has 2 rings (SSSR count). The number of hydrogen-bond acceptors (Lipinski definition) is 1. The Hall–Kier alpha value is -0.680. The van der Waals surface area contributed by atoms with Crippen molar-refractivity contribution >= 4 is 39.2 Å². The van der Waals surface area contributed by atoms with E-state index in [2.05, 4.69) is 27.8 Å². The second-order valence-electron chi connectivity index (χ2n) is 4.07. The normalized spacial score (nSPS) is 11.2. The van der Waals surface area contributed by atoms with E-state index < -0.39 is 0 Å². The highest BCUT2D eigenvalue weighted by Gasteiger charge is 2.08. The van der Waals surface area contributed by atoms with Crippen molar-refractivity contribution in [1.82, 2.24) is 9.55 Å². The summed E-state index contributed by atoms with van der Waals surface area (Å²) in [5.74, 6) is -0.269. The summed E-state index contributed by atoms with van der Waals surface area (Å²) in [5, 5.41) is 0. The number of fused-ring (bicyclic) bond motifs is 1. The molecule has 0 aliphatic heterocycles. The quantitative estimate of drug-likeness (QED) is 0.635. The van der Waals surface area contributed by atoms with E-state index in [0.717, 1.165) is 24.0 Å². The van der Waals surface area contributed by atoms with E-state index in [4.69, 9.17) is 12.2 Å². The molecule has 1 N–H and O–H groups in total. The summed E-state index contributed by atoms with van der Waals surface area (Å²) in [4.78, 5) is 3.04. The number of rotatable bonds is 4. The van der Waals surface area contributed by atoms with Gasteiger partial charge >= 0.3 is 0 Å². The van der Waals surface area contributed by atoms with E-state index >= 15 is 0 Å². The molecule has 1 aromatic carbocycles. The highest BCUT2D eigenvalue weighted by atomic mass is 79.9. The maximum absolute atomic E-state index is 13.4. The lowest BCUT2D eigenvalue weighted by Crippen LogP contribution is -1.97. The standard InChI is InChI=1S/C12H14BrFN2S/c1-2-3-4-5-16-11-6-8(13)9(14)7-10(11)15-12(16)17/h6-7H,2-5H2,1H3,(H,15,17). The number of benzene rings is 1. The third-order valence-corrected chi connectivity index (χ3v) is 3.73. The Bertz CT molecular complexity index is 588. The summed E-state index contributed by atoms with van der Waals surface area (Å²) in [5.41, 5.74) is 1.71. The topological polar surface area (TPSA) is 20.7 Å². The van der Waals surface area contributed by atoms with Crippen LogP contribution in [0, 0.1) is 10.6 Å². The average Bonchev–Trinajstić information content (AvgIpc) is 2.57. The Kier molecular flexibility index (Phi) is 3.99. The molecule has 0 saturated heterocycles. The van der Waals surface area contributed by atoms with E-state index in [9.17, 15) is 4.39 Å². The number of halogens is 2. The maximum Gasteiger partial charge on any atom is 0.178 e. The van der Waals surface area contributed by atoms with Crippen LogP contribution < -0.4 is 0 Å². The predicted molar refractivity (Wildman–Crippen MR) is 74.3 cm³/mol. The van der Waals surface area contributed by atoms with Gasteiger partial charge in [0.25, 0.3) is 0 Å². The third-order valence-electron chi connectivity index (χ3n) is 2.80. The summed E-state index contributed by atoms with van der Waals surface area (Å²) in [6.45, 7) is 3.05. The molecule has 0 spiro atoms. The van der Waals surface area contributed by atoms with Gasteiger partial charge in [0.2, 0.25) is 0 Å². The highest BCUT2D eigenvalue weighted by Crippen LogP contribution is 2.23. The third kappa shape index (κ3) is 2.60. The molecule has 1 aromatic heterocycles. The number of nitrogens with zero attached hydrogens (tertiary/aromatic N) is 1. The van der Waals surface area contributed by atoms with Crippen molar-refractivity contribution < 1.29 is 4.39 Å². The van der Waals surface area contributed by atoms with Gasteiger partial charge in [0, 0.05) is 12.6 Å². The fourth-order valence-electron chi connectivity index (χ4n) is 1.89. The molecule has 2 nitrogen and oxygen atoms in total. The molecule has 0 bridgehead atoms. The highest BCUT2D eigenvalue weighted by molar-refractivity contribution is 9.10. The summed E-state index contributed by atoms with van der Waals surface area (Å²) >= 11 is 8.46. The molecule has 2 aromatic rings. The van der Waals surface area contributed by atoms with Gasteiger partial charge in [-0.3, -0.25) is 0 Å². The Labute approximate surface area is 113 Å². The minimum atomic E-state index is -0.269. The van der Waals surface area contributed by atoms with E-state index in [1.165, 1.54) is 18.9 Å². The summed E-state index contributed by atoms with van der Waals surface area (Å²) in [6, 6.07) is 3.26. The van der Waals surface area contributed by atoms with Crippen molar-refractivity contribution in [1.29, 1.82) is 0 Å². The molecular formula is C12H14BrFN2S. The number of aromatic amines is 1. The summed E-state index contributed by atoms with van der Waals surface area (Å²) in [6.07, 6.45) is 3.44. The molecule has 92 valence electrons. The number of aryl methyl sites for hydroxylation is 1. The second kappa shape index (κ2) is 5.31. The molecule has 0 amide bonds. The number of imidazole rings is 1. The van der Waals surface area contributed by atoms with Gasteiger partial charge in [-0.25, -0.2) is 4.39 Å². The first-order valence-corrected chi connectivity index (χ1v) is 6.91. The van der Waals surface area contributed by atoms with Crippen LogP contribution in [0.1, 0.15) is 26.2 Å². The molecule has 0 radical (unpaired) electrons. The van der Waals surface area contributed by atoms with Crippen molar-refractivity contribution in [2.75, 3.05) is 0 Å². The molecule has 0 atom stereocenters. The van der Waals surface area contributed by atoms with Gasteiger partial charge in [-0.2, -0.15) is 0 Å². The second-order valence-corrected chi connectivity index (χ2v) is 5.31. The van der Waals surface area contributed by atoms with Crippen LogP contribution in [0.4, 0.5) is 4.39 Å². The fourth-order valence-corrected chi connectivity index (χ4v) is 2.52. The Morgan fingerprint density at radius 1 is 1.41 bits per heavy atom. The lowest BCUT2D eigenvalue weighted by atomic mass is 10.2. The van der Waals surface area contributed by atoms with Gasteiger partial charge in [0.1, 0.15) is 5.82 Å². The molecule has 17 heavy (non-hydrogen) atoms. The van der Waals surface area contributed by atoms with Crippen molar-refractivity contribution in [2.45, 2.75) is 32.7 Å². The number of nitrogens with one attached hydrogen (secondary N) is 1. The SMILES string of the molecule is CCCCCn1c(=S)[nH]c2cc(F)c(Br)cc21. The van der Waals surface area contributed by atoms with E-state index in [-0.39, 0.29) is 5.82 Å².